The number of hydrogen-bond donors (Lipinski definition) is 1. The average Bonchev–Trinajstić information content (AvgIpc) is 3.26. The number of aromatic nitrogens is 2. The van der Waals surface area contributed by atoms with Crippen molar-refractivity contribution in [1.29, 1.82) is 0 Å². The second kappa shape index (κ2) is 6.55. The lowest BCUT2D eigenvalue weighted by atomic mass is 9.95. The first-order valence-corrected chi connectivity index (χ1v) is 8.97. The van der Waals surface area contributed by atoms with Crippen LogP contribution in [0.1, 0.15) is 47.4 Å². The molecule has 2 aliphatic rings. The summed E-state index contributed by atoms with van der Waals surface area (Å²) in [5.41, 5.74) is 2.70. The molecule has 0 bridgehead atoms. The first kappa shape index (κ1) is 16.8. The quantitative estimate of drug-likeness (QED) is 0.916. The summed E-state index contributed by atoms with van der Waals surface area (Å²) in [6, 6.07) is 5.35. The lowest BCUT2D eigenvalue weighted by Crippen LogP contribution is -2.41. The third-order valence-electron chi connectivity index (χ3n) is 5.23. The third kappa shape index (κ3) is 2.77. The van der Waals surface area contributed by atoms with E-state index in [-0.39, 0.29) is 11.7 Å². The number of benzene rings is 1. The second-order valence-electron chi connectivity index (χ2n) is 6.87. The van der Waals surface area contributed by atoms with Gasteiger partial charge in [0.1, 0.15) is 11.9 Å². The average molecular weight is 357 g/mol. The van der Waals surface area contributed by atoms with Crippen molar-refractivity contribution in [3.8, 4) is 5.69 Å². The van der Waals surface area contributed by atoms with Crippen LogP contribution in [0.15, 0.2) is 24.3 Å². The number of amides is 1. The molecule has 1 aliphatic heterocycles. The van der Waals surface area contributed by atoms with Gasteiger partial charge in [-0.1, -0.05) is 6.07 Å². The van der Waals surface area contributed by atoms with E-state index < -0.39 is 12.0 Å². The first-order chi connectivity index (χ1) is 12.6. The van der Waals surface area contributed by atoms with E-state index in [0.717, 1.165) is 36.9 Å². The smallest absolute Gasteiger partial charge is 0.326 e. The predicted octanol–water partition coefficient (Wildman–Crippen LogP) is 2.58. The van der Waals surface area contributed by atoms with Gasteiger partial charge in [0.2, 0.25) is 0 Å². The number of carboxylic acids is 1. The molecule has 136 valence electrons. The molecule has 4 rings (SSSR count). The van der Waals surface area contributed by atoms with E-state index in [1.165, 1.54) is 17.0 Å². The van der Waals surface area contributed by atoms with Crippen LogP contribution in [-0.2, 0) is 17.6 Å². The minimum atomic E-state index is -0.978. The van der Waals surface area contributed by atoms with Crippen LogP contribution < -0.4 is 0 Å². The zero-order valence-electron chi connectivity index (χ0n) is 14.3. The summed E-state index contributed by atoms with van der Waals surface area (Å²) in [4.78, 5) is 25.9. The van der Waals surface area contributed by atoms with Gasteiger partial charge in [-0.05, 0) is 56.7 Å². The van der Waals surface area contributed by atoms with Gasteiger partial charge in [-0.2, -0.15) is 5.10 Å². The van der Waals surface area contributed by atoms with Crippen LogP contribution in [0.5, 0.6) is 0 Å². The summed E-state index contributed by atoms with van der Waals surface area (Å²) in [5, 5.41) is 13.9. The van der Waals surface area contributed by atoms with Crippen LogP contribution in [0.25, 0.3) is 5.69 Å². The predicted molar refractivity (Wildman–Crippen MR) is 91.9 cm³/mol. The Morgan fingerprint density at radius 1 is 1.19 bits per heavy atom. The fourth-order valence-corrected chi connectivity index (χ4v) is 3.99. The van der Waals surface area contributed by atoms with E-state index in [1.54, 1.807) is 16.8 Å². The zero-order valence-corrected chi connectivity index (χ0v) is 14.3. The molecule has 2 aromatic rings. The molecular formula is C19H20FN3O3. The van der Waals surface area contributed by atoms with Crippen molar-refractivity contribution >= 4 is 11.9 Å². The maximum atomic E-state index is 13.7. The highest BCUT2D eigenvalue weighted by Crippen LogP contribution is 2.29. The molecule has 2 heterocycles. The molecule has 1 atom stereocenters. The van der Waals surface area contributed by atoms with Crippen LogP contribution in [0.3, 0.4) is 0 Å². The molecule has 1 aromatic heterocycles. The lowest BCUT2D eigenvalue weighted by molar-refractivity contribution is -0.141. The molecule has 1 aromatic carbocycles. The maximum Gasteiger partial charge on any atom is 0.326 e. The Morgan fingerprint density at radius 3 is 2.77 bits per heavy atom. The Balaban J connectivity index is 1.77. The highest BCUT2D eigenvalue weighted by Gasteiger charge is 2.37. The van der Waals surface area contributed by atoms with Gasteiger partial charge >= 0.3 is 5.97 Å². The van der Waals surface area contributed by atoms with Gasteiger partial charge in [0, 0.05) is 17.8 Å². The number of fused-ring (bicyclic) bond motifs is 1. The summed E-state index contributed by atoms with van der Waals surface area (Å²) < 4.78 is 15.3. The van der Waals surface area contributed by atoms with E-state index >= 15 is 0 Å². The van der Waals surface area contributed by atoms with E-state index in [2.05, 4.69) is 5.10 Å². The normalized spacial score (nSPS) is 19.4. The van der Waals surface area contributed by atoms with Crippen LogP contribution >= 0.6 is 0 Å². The maximum absolute atomic E-state index is 13.7. The molecule has 1 amide bonds. The minimum absolute atomic E-state index is 0.317. The first-order valence-electron chi connectivity index (χ1n) is 8.97. The molecule has 0 saturated carbocycles. The Labute approximate surface area is 150 Å². The van der Waals surface area contributed by atoms with Gasteiger partial charge in [-0.25, -0.2) is 13.9 Å². The van der Waals surface area contributed by atoms with Gasteiger partial charge in [-0.3, -0.25) is 4.79 Å². The van der Waals surface area contributed by atoms with Crippen LogP contribution in [0.4, 0.5) is 4.39 Å². The van der Waals surface area contributed by atoms with Crippen molar-refractivity contribution in [1.82, 2.24) is 14.7 Å². The molecule has 0 unspecified atom stereocenters. The molecule has 0 radical (unpaired) electrons. The molecule has 1 fully saturated rings. The summed E-state index contributed by atoms with van der Waals surface area (Å²) in [5.74, 6) is -1.67. The van der Waals surface area contributed by atoms with Gasteiger partial charge in [0.05, 0.1) is 5.69 Å². The number of likely N-dealkylation sites (tertiary alicyclic amines) is 1. The number of carbonyl (C=O) groups excluding carboxylic acids is 1. The number of nitrogens with zero attached hydrogens (tertiary/aromatic N) is 3. The van der Waals surface area contributed by atoms with Gasteiger partial charge in [0.25, 0.3) is 5.91 Å². The van der Waals surface area contributed by atoms with Crippen molar-refractivity contribution in [2.45, 2.75) is 44.6 Å². The molecule has 1 N–H and O–H groups in total. The minimum Gasteiger partial charge on any atom is -0.480 e. The van der Waals surface area contributed by atoms with Crippen molar-refractivity contribution in [2.24, 2.45) is 0 Å². The third-order valence-corrected chi connectivity index (χ3v) is 5.23. The fourth-order valence-electron chi connectivity index (χ4n) is 3.99. The number of carboxylic acid groups (broad SMARTS) is 1. The topological polar surface area (TPSA) is 75.4 Å². The number of aliphatic carboxylic acids is 1. The number of carbonyl (C=O) groups is 2. The summed E-state index contributed by atoms with van der Waals surface area (Å²) in [6.07, 6.45) is 4.60. The number of halogens is 1. The van der Waals surface area contributed by atoms with Crippen molar-refractivity contribution in [3.63, 3.8) is 0 Å². The monoisotopic (exact) mass is 357 g/mol. The lowest BCUT2D eigenvalue weighted by Gasteiger charge is -2.21. The van der Waals surface area contributed by atoms with Gasteiger partial charge < -0.3 is 10.0 Å². The number of rotatable bonds is 3. The van der Waals surface area contributed by atoms with E-state index in [9.17, 15) is 19.1 Å². The van der Waals surface area contributed by atoms with E-state index in [0.29, 0.717) is 30.8 Å². The SMILES string of the molecule is O=C(O)[C@H]1CCCN1C(=O)c1nn(-c2cccc(F)c2)c2c1CCCC2. The van der Waals surface area contributed by atoms with Crippen LogP contribution in [-0.4, -0.2) is 44.3 Å². The Hall–Kier alpha value is -2.70. The Morgan fingerprint density at radius 2 is 2.00 bits per heavy atom. The molecule has 1 aliphatic carbocycles. The largest absolute Gasteiger partial charge is 0.480 e. The highest BCUT2D eigenvalue weighted by molar-refractivity contribution is 5.97. The van der Waals surface area contributed by atoms with Crippen LogP contribution in [0.2, 0.25) is 0 Å². The van der Waals surface area contributed by atoms with E-state index in [4.69, 9.17) is 0 Å². The summed E-state index contributed by atoms with van der Waals surface area (Å²) in [6.45, 7) is 0.428. The summed E-state index contributed by atoms with van der Waals surface area (Å²) >= 11 is 0. The van der Waals surface area contributed by atoms with Gasteiger partial charge in [0.15, 0.2) is 5.69 Å². The second-order valence-corrected chi connectivity index (χ2v) is 6.87. The van der Waals surface area contributed by atoms with Gasteiger partial charge in [-0.15, -0.1) is 0 Å². The fraction of sp³-hybridized carbons (Fsp3) is 0.421. The molecule has 1 saturated heterocycles. The Bertz CT molecular complexity index is 877. The number of hydrogen-bond acceptors (Lipinski definition) is 3. The van der Waals surface area contributed by atoms with Crippen molar-refractivity contribution in [2.75, 3.05) is 6.54 Å². The molecule has 26 heavy (non-hydrogen) atoms. The zero-order chi connectivity index (χ0) is 18.3. The summed E-state index contributed by atoms with van der Waals surface area (Å²) in [7, 11) is 0. The van der Waals surface area contributed by atoms with Crippen LogP contribution in [0, 0.1) is 5.82 Å². The molecule has 7 heteroatoms. The van der Waals surface area contributed by atoms with Crippen molar-refractivity contribution in [3.05, 3.63) is 47.0 Å². The molecular weight excluding hydrogens is 337 g/mol. The Kier molecular flexibility index (Phi) is 4.22. The highest BCUT2D eigenvalue weighted by atomic mass is 19.1. The van der Waals surface area contributed by atoms with E-state index in [1.807, 2.05) is 0 Å². The molecule has 6 nitrogen and oxygen atoms in total. The van der Waals surface area contributed by atoms with Crippen molar-refractivity contribution < 1.29 is 19.1 Å². The standard InChI is InChI=1S/C19H20FN3O3/c20-12-5-3-6-13(11-12)23-15-8-2-1-7-14(15)17(21-23)18(24)22-10-4-9-16(22)19(25)26/h3,5-6,11,16H,1-2,4,7-10H2,(H,25,26)/t16-/m1/s1. The molecule has 0 spiro atoms.